The third kappa shape index (κ3) is 2.67. The number of hydrogen-bond donors (Lipinski definition) is 1. The molecule has 2 aromatic rings. The lowest BCUT2D eigenvalue weighted by Crippen LogP contribution is -2.00. The maximum absolute atomic E-state index is 13.7. The molecule has 0 heterocycles. The smallest absolute Gasteiger partial charge is 0.151 e. The molecule has 2 aromatic carbocycles. The summed E-state index contributed by atoms with van der Waals surface area (Å²) in [4.78, 5) is 0. The van der Waals surface area contributed by atoms with Crippen molar-refractivity contribution in [3.63, 3.8) is 0 Å². The average molecular weight is 279 g/mol. The highest BCUT2D eigenvalue weighted by Crippen LogP contribution is 2.32. The van der Waals surface area contributed by atoms with Gasteiger partial charge in [-0.05, 0) is 24.6 Å². The molecule has 0 amide bonds. The van der Waals surface area contributed by atoms with Crippen LogP contribution in [-0.2, 0) is 0 Å². The van der Waals surface area contributed by atoms with E-state index in [0.29, 0.717) is 11.3 Å². The molecule has 19 heavy (non-hydrogen) atoms. The van der Waals surface area contributed by atoms with Crippen LogP contribution in [-0.4, -0.2) is 0 Å². The van der Waals surface area contributed by atoms with Gasteiger partial charge in [-0.3, -0.25) is 0 Å². The quantitative estimate of drug-likeness (QED) is 0.875. The van der Waals surface area contributed by atoms with Crippen LogP contribution in [0.25, 0.3) is 0 Å². The molecule has 0 atom stereocenters. The molecule has 0 spiro atoms. The van der Waals surface area contributed by atoms with Crippen LogP contribution in [0.2, 0.25) is 5.02 Å². The second-order valence-electron chi connectivity index (χ2n) is 3.98. The van der Waals surface area contributed by atoms with E-state index in [4.69, 9.17) is 16.9 Å². The maximum Gasteiger partial charge on any atom is 0.151 e. The van der Waals surface area contributed by atoms with E-state index in [2.05, 4.69) is 5.32 Å². The van der Waals surface area contributed by atoms with Gasteiger partial charge >= 0.3 is 0 Å². The molecule has 0 aliphatic carbocycles. The Morgan fingerprint density at radius 2 is 1.95 bits per heavy atom. The van der Waals surface area contributed by atoms with Crippen LogP contribution < -0.4 is 5.32 Å². The van der Waals surface area contributed by atoms with Gasteiger partial charge in [0.25, 0.3) is 0 Å². The zero-order valence-electron chi connectivity index (χ0n) is 9.97. The molecule has 0 aliphatic heterocycles. The lowest BCUT2D eigenvalue weighted by molar-refractivity contribution is 0.586. The van der Waals surface area contributed by atoms with Gasteiger partial charge in [-0.25, -0.2) is 8.78 Å². The molecule has 0 fully saturated rings. The van der Waals surface area contributed by atoms with E-state index >= 15 is 0 Å². The maximum atomic E-state index is 13.7. The number of anilines is 2. The predicted molar refractivity (Wildman–Crippen MR) is 70.5 cm³/mol. The Hall–Kier alpha value is -2.12. The fourth-order valence-electron chi connectivity index (χ4n) is 1.71. The minimum atomic E-state index is -0.808. The van der Waals surface area contributed by atoms with E-state index in [1.54, 1.807) is 25.1 Å². The molecule has 0 aromatic heterocycles. The molecule has 5 heteroatoms. The van der Waals surface area contributed by atoms with Crippen LogP contribution in [0.15, 0.2) is 30.3 Å². The first-order valence-electron chi connectivity index (χ1n) is 5.44. The summed E-state index contributed by atoms with van der Waals surface area (Å²) in [5.74, 6) is -1.56. The van der Waals surface area contributed by atoms with Gasteiger partial charge in [0.2, 0.25) is 0 Å². The number of hydrogen-bond acceptors (Lipinski definition) is 2. The monoisotopic (exact) mass is 278 g/mol. The molecule has 2 nitrogen and oxygen atoms in total. The van der Waals surface area contributed by atoms with Crippen LogP contribution >= 0.6 is 11.6 Å². The van der Waals surface area contributed by atoms with Gasteiger partial charge in [-0.2, -0.15) is 5.26 Å². The summed E-state index contributed by atoms with van der Waals surface area (Å²) in [6.45, 7) is 1.78. The van der Waals surface area contributed by atoms with Crippen molar-refractivity contribution in [2.45, 2.75) is 6.92 Å². The number of nitrogens with one attached hydrogen (secondary N) is 1. The highest BCUT2D eigenvalue weighted by Gasteiger charge is 2.13. The van der Waals surface area contributed by atoms with Crippen molar-refractivity contribution >= 4 is 23.0 Å². The van der Waals surface area contributed by atoms with Gasteiger partial charge in [0, 0.05) is 6.07 Å². The number of nitriles is 1. The molecule has 0 radical (unpaired) electrons. The van der Waals surface area contributed by atoms with Crippen molar-refractivity contribution in [3.05, 3.63) is 58.1 Å². The molecule has 0 unspecified atom stereocenters. The van der Waals surface area contributed by atoms with Crippen LogP contribution in [0.3, 0.4) is 0 Å². The molecule has 96 valence electrons. The molecule has 0 bridgehead atoms. The van der Waals surface area contributed by atoms with Crippen molar-refractivity contribution in [1.29, 1.82) is 5.26 Å². The fraction of sp³-hybridized carbons (Fsp3) is 0.0714. The zero-order valence-corrected chi connectivity index (χ0v) is 10.7. The Kier molecular flexibility index (Phi) is 3.68. The van der Waals surface area contributed by atoms with Crippen molar-refractivity contribution in [2.24, 2.45) is 0 Å². The highest BCUT2D eigenvalue weighted by molar-refractivity contribution is 6.33. The zero-order chi connectivity index (χ0) is 14.0. The number of nitrogens with zero attached hydrogens (tertiary/aromatic N) is 1. The van der Waals surface area contributed by atoms with Crippen molar-refractivity contribution < 1.29 is 8.78 Å². The Labute approximate surface area is 114 Å². The second-order valence-corrected chi connectivity index (χ2v) is 4.39. The number of para-hydroxylation sites is 1. The van der Waals surface area contributed by atoms with E-state index in [1.807, 2.05) is 6.07 Å². The molecule has 2 rings (SSSR count). The fourth-order valence-corrected chi connectivity index (χ4v) is 1.96. The number of rotatable bonds is 2. The standard InChI is InChI=1S/C14H9ClF2N2/c1-8-3-2-4-9(7-18)13(8)19-14-11(15)5-10(16)6-12(14)17/h2-6,19H,1H3. The van der Waals surface area contributed by atoms with Crippen LogP contribution in [0.4, 0.5) is 20.2 Å². The molecule has 0 saturated carbocycles. The van der Waals surface area contributed by atoms with Gasteiger partial charge in [0.15, 0.2) is 5.82 Å². The summed E-state index contributed by atoms with van der Waals surface area (Å²) >= 11 is 5.81. The molecular formula is C14H9ClF2N2. The van der Waals surface area contributed by atoms with E-state index in [1.165, 1.54) is 0 Å². The molecule has 0 saturated heterocycles. The third-order valence-electron chi connectivity index (χ3n) is 2.65. The van der Waals surface area contributed by atoms with E-state index < -0.39 is 11.6 Å². The Morgan fingerprint density at radius 3 is 2.58 bits per heavy atom. The van der Waals surface area contributed by atoms with Crippen molar-refractivity contribution in [2.75, 3.05) is 5.32 Å². The topological polar surface area (TPSA) is 35.8 Å². The minimum Gasteiger partial charge on any atom is -0.351 e. The van der Waals surface area contributed by atoms with Gasteiger partial charge in [-0.15, -0.1) is 0 Å². The number of aryl methyl sites for hydroxylation is 1. The summed E-state index contributed by atoms with van der Waals surface area (Å²) in [7, 11) is 0. The SMILES string of the molecule is Cc1cccc(C#N)c1Nc1c(F)cc(F)cc1Cl. The molecular weight excluding hydrogens is 270 g/mol. The van der Waals surface area contributed by atoms with Crippen molar-refractivity contribution in [3.8, 4) is 6.07 Å². The molecule has 0 aliphatic rings. The van der Waals surface area contributed by atoms with E-state index in [9.17, 15) is 8.78 Å². The first kappa shape index (κ1) is 13.3. The Bertz CT molecular complexity index is 655. The van der Waals surface area contributed by atoms with Gasteiger partial charge in [0.05, 0.1) is 22.0 Å². The summed E-state index contributed by atoms with van der Waals surface area (Å²) < 4.78 is 26.7. The predicted octanol–water partition coefficient (Wildman–Crippen LogP) is 4.54. The average Bonchev–Trinajstić information content (AvgIpc) is 2.34. The lowest BCUT2D eigenvalue weighted by atomic mass is 10.1. The summed E-state index contributed by atoms with van der Waals surface area (Å²) in [5, 5.41) is 11.7. The largest absolute Gasteiger partial charge is 0.351 e. The van der Waals surface area contributed by atoms with Crippen LogP contribution in [0.5, 0.6) is 0 Å². The minimum absolute atomic E-state index is 0.0473. The van der Waals surface area contributed by atoms with Crippen LogP contribution in [0.1, 0.15) is 11.1 Å². The Morgan fingerprint density at radius 1 is 1.21 bits per heavy atom. The highest BCUT2D eigenvalue weighted by atomic mass is 35.5. The summed E-state index contributed by atoms with van der Waals surface area (Å²) in [6.07, 6.45) is 0. The summed E-state index contributed by atoms with van der Waals surface area (Å²) in [6, 6.07) is 8.85. The number of halogens is 3. The van der Waals surface area contributed by atoms with Gasteiger partial charge in [0.1, 0.15) is 11.9 Å². The van der Waals surface area contributed by atoms with Gasteiger partial charge < -0.3 is 5.32 Å². The lowest BCUT2D eigenvalue weighted by Gasteiger charge is -2.13. The van der Waals surface area contributed by atoms with Gasteiger partial charge in [-0.1, -0.05) is 23.7 Å². The number of benzene rings is 2. The van der Waals surface area contributed by atoms with Crippen molar-refractivity contribution in [1.82, 2.24) is 0 Å². The summed E-state index contributed by atoms with van der Waals surface area (Å²) in [5.41, 5.74) is 1.53. The third-order valence-corrected chi connectivity index (χ3v) is 2.95. The van der Waals surface area contributed by atoms with Crippen LogP contribution in [0, 0.1) is 29.9 Å². The second kappa shape index (κ2) is 5.25. The van der Waals surface area contributed by atoms with E-state index in [0.717, 1.165) is 17.7 Å². The molecule has 1 N–H and O–H groups in total. The first-order valence-corrected chi connectivity index (χ1v) is 5.82. The first-order chi connectivity index (χ1) is 9.02. The van der Waals surface area contributed by atoms with E-state index in [-0.39, 0.29) is 10.7 Å². The normalized spacial score (nSPS) is 10.1. The Balaban J connectivity index is 2.51.